The van der Waals surface area contributed by atoms with Gasteiger partial charge in [-0.05, 0) is 153 Å². The van der Waals surface area contributed by atoms with Crippen molar-refractivity contribution in [1.82, 2.24) is 0 Å². The molecule has 2 unspecified atom stereocenters. The minimum atomic E-state index is -0.0920. The monoisotopic (exact) mass is 984 g/mol. The Bertz CT molecular complexity index is 3770. The van der Waals surface area contributed by atoms with Crippen LogP contribution in [0, 0.1) is 6.92 Å². The number of nitrogens with zero attached hydrogens (tertiary/aromatic N) is 3. The zero-order valence-corrected chi connectivity index (χ0v) is 46.5. The van der Waals surface area contributed by atoms with Crippen LogP contribution < -0.4 is 31.1 Å². The first-order chi connectivity index (χ1) is 35.2. The van der Waals surface area contributed by atoms with Crippen LogP contribution in [0.25, 0.3) is 31.3 Å². The first-order valence-electron chi connectivity index (χ1n) is 27.3. The summed E-state index contributed by atoms with van der Waals surface area (Å²) in [5.41, 5.74) is 23.4. The molecule has 1 aliphatic carbocycles. The zero-order chi connectivity index (χ0) is 51.4. The molecule has 9 aromatic rings. The summed E-state index contributed by atoms with van der Waals surface area (Å²) in [5.74, 6) is 0. The third-order valence-electron chi connectivity index (χ3n) is 18.1. The third kappa shape index (κ3) is 6.90. The second-order valence-corrected chi connectivity index (χ2v) is 26.9. The predicted molar refractivity (Wildman–Crippen MR) is 322 cm³/mol. The van der Waals surface area contributed by atoms with Gasteiger partial charge in [-0.15, -0.1) is 11.3 Å². The average molecular weight is 984 g/mol. The van der Waals surface area contributed by atoms with Crippen LogP contribution in [0.3, 0.4) is 0 Å². The third-order valence-corrected chi connectivity index (χ3v) is 19.3. The summed E-state index contributed by atoms with van der Waals surface area (Å²) in [6, 6.07) is 61.9. The van der Waals surface area contributed by atoms with Gasteiger partial charge in [-0.2, -0.15) is 0 Å². The molecule has 5 heteroatoms. The van der Waals surface area contributed by atoms with E-state index in [1.807, 2.05) is 11.3 Å². The van der Waals surface area contributed by atoms with E-state index in [1.54, 1.807) is 0 Å². The van der Waals surface area contributed by atoms with Crippen LogP contribution in [0.4, 0.5) is 45.5 Å². The van der Waals surface area contributed by atoms with E-state index in [2.05, 4.69) is 256 Å². The maximum Gasteiger partial charge on any atom is 0.252 e. The standard InChI is InChI=1S/C69H70BN3S/c1-43-37-60-63-61(38-43)72(57-25-20-24-50-49-23-16-17-26-62(49)74-64(50)57)59-42-48(73-56-34-29-46(66(5,6)7)40-52(56)68(11)35-18-19-36-69(68,73)12)30-32-54(59)70(63)53-31-27-47(67(8,9)10)41-58(53)71(60)55-33-28-45(65(2,3)4)39-51(55)44-21-14-13-15-22-44/h13-17,20-34,37-42H,18-19,35-36H2,1-12H3. The molecule has 1 aromatic heterocycles. The van der Waals surface area contributed by atoms with Crippen LogP contribution in [0.15, 0.2) is 158 Å². The molecule has 74 heavy (non-hydrogen) atoms. The van der Waals surface area contributed by atoms with Crippen molar-refractivity contribution in [1.29, 1.82) is 0 Å². The number of hydrogen-bond donors (Lipinski definition) is 0. The van der Waals surface area contributed by atoms with Gasteiger partial charge in [0.1, 0.15) is 0 Å². The Morgan fingerprint density at radius 1 is 0.486 bits per heavy atom. The predicted octanol–water partition coefficient (Wildman–Crippen LogP) is 17.7. The van der Waals surface area contributed by atoms with Gasteiger partial charge in [0.15, 0.2) is 0 Å². The highest BCUT2D eigenvalue weighted by atomic mass is 32.1. The Morgan fingerprint density at radius 2 is 1.07 bits per heavy atom. The van der Waals surface area contributed by atoms with Crippen molar-refractivity contribution in [3.63, 3.8) is 0 Å². The largest absolute Gasteiger partial charge is 0.334 e. The molecule has 8 aromatic carbocycles. The Kier molecular flexibility index (Phi) is 10.3. The number of aryl methyl sites for hydroxylation is 1. The Morgan fingerprint density at radius 3 is 1.78 bits per heavy atom. The molecule has 0 spiro atoms. The number of rotatable bonds is 4. The van der Waals surface area contributed by atoms with Crippen molar-refractivity contribution in [3.05, 3.63) is 186 Å². The number of anilines is 8. The summed E-state index contributed by atoms with van der Waals surface area (Å²) in [6.07, 6.45) is 4.84. The van der Waals surface area contributed by atoms with Crippen molar-refractivity contribution in [2.24, 2.45) is 0 Å². The highest BCUT2D eigenvalue weighted by Gasteiger charge is 2.58. The van der Waals surface area contributed by atoms with Gasteiger partial charge in [0.25, 0.3) is 6.71 Å². The topological polar surface area (TPSA) is 9.72 Å². The molecule has 4 heterocycles. The second kappa shape index (κ2) is 16.2. The quantitative estimate of drug-likeness (QED) is 0.163. The lowest BCUT2D eigenvalue weighted by Gasteiger charge is -2.50. The second-order valence-electron chi connectivity index (χ2n) is 25.8. The minimum absolute atomic E-state index is 0.00690. The lowest BCUT2D eigenvalue weighted by molar-refractivity contribution is 0.195. The first kappa shape index (κ1) is 47.2. The molecule has 1 fully saturated rings. The van der Waals surface area contributed by atoms with Crippen molar-refractivity contribution in [3.8, 4) is 11.1 Å². The van der Waals surface area contributed by atoms with E-state index >= 15 is 0 Å². The van der Waals surface area contributed by atoms with E-state index in [4.69, 9.17) is 0 Å². The summed E-state index contributed by atoms with van der Waals surface area (Å²) in [7, 11) is 0. The molecule has 0 saturated heterocycles. The van der Waals surface area contributed by atoms with E-state index < -0.39 is 0 Å². The fourth-order valence-electron chi connectivity index (χ4n) is 13.8. The van der Waals surface area contributed by atoms with Crippen molar-refractivity contribution >= 4 is 100 Å². The minimum Gasteiger partial charge on any atom is -0.334 e. The summed E-state index contributed by atoms with van der Waals surface area (Å²) >= 11 is 1.93. The van der Waals surface area contributed by atoms with Crippen LogP contribution in [0.5, 0.6) is 0 Å². The molecule has 4 aliphatic rings. The van der Waals surface area contributed by atoms with Crippen LogP contribution in [0.1, 0.15) is 130 Å². The summed E-state index contributed by atoms with van der Waals surface area (Å²) < 4.78 is 2.64. The summed E-state index contributed by atoms with van der Waals surface area (Å²) in [5, 5.41) is 2.63. The molecule has 3 aliphatic heterocycles. The van der Waals surface area contributed by atoms with Gasteiger partial charge in [0.2, 0.25) is 0 Å². The molecular formula is C69H70BN3S. The van der Waals surface area contributed by atoms with Gasteiger partial charge in [-0.25, -0.2) is 0 Å². The number of hydrogen-bond acceptors (Lipinski definition) is 4. The Hall–Kier alpha value is -6.56. The van der Waals surface area contributed by atoms with Crippen molar-refractivity contribution < 1.29 is 0 Å². The van der Waals surface area contributed by atoms with E-state index in [-0.39, 0.29) is 33.9 Å². The molecular weight excluding hydrogens is 914 g/mol. The molecule has 0 radical (unpaired) electrons. The van der Waals surface area contributed by atoms with Gasteiger partial charge >= 0.3 is 0 Å². The summed E-state index contributed by atoms with van der Waals surface area (Å²) in [4.78, 5) is 8.13. The van der Waals surface area contributed by atoms with E-state index in [0.717, 1.165) is 6.42 Å². The first-order valence-corrected chi connectivity index (χ1v) is 28.1. The van der Waals surface area contributed by atoms with Gasteiger partial charge in [0.05, 0.1) is 21.6 Å². The van der Waals surface area contributed by atoms with E-state index in [0.29, 0.717) is 0 Å². The van der Waals surface area contributed by atoms with Gasteiger partial charge < -0.3 is 14.7 Å². The smallest absolute Gasteiger partial charge is 0.252 e. The molecule has 13 rings (SSSR count). The number of fused-ring (bicyclic) bond motifs is 10. The number of benzene rings is 8. The summed E-state index contributed by atoms with van der Waals surface area (Å²) in [6.45, 7) is 28.6. The molecule has 0 amide bonds. The van der Waals surface area contributed by atoms with Gasteiger partial charge in [-0.3, -0.25) is 0 Å². The molecule has 370 valence electrons. The lowest BCUT2D eigenvalue weighted by Crippen LogP contribution is -2.61. The highest BCUT2D eigenvalue weighted by Crippen LogP contribution is 2.62. The maximum atomic E-state index is 2.79. The molecule has 0 N–H and O–H groups in total. The lowest BCUT2D eigenvalue weighted by atomic mass is 9.33. The van der Waals surface area contributed by atoms with E-state index in [1.165, 1.54) is 140 Å². The zero-order valence-electron chi connectivity index (χ0n) is 45.7. The molecule has 3 nitrogen and oxygen atoms in total. The molecule has 1 saturated carbocycles. The van der Waals surface area contributed by atoms with Crippen LogP contribution in [-0.4, -0.2) is 12.3 Å². The van der Waals surface area contributed by atoms with Crippen molar-refractivity contribution in [2.75, 3.05) is 14.7 Å². The average Bonchev–Trinajstić information content (AvgIpc) is 3.85. The molecule has 0 bridgehead atoms. The van der Waals surface area contributed by atoms with Crippen LogP contribution in [0.2, 0.25) is 0 Å². The number of thiophene rings is 1. The van der Waals surface area contributed by atoms with Gasteiger partial charge in [0, 0.05) is 60.6 Å². The van der Waals surface area contributed by atoms with Crippen LogP contribution in [-0.2, 0) is 21.7 Å². The van der Waals surface area contributed by atoms with E-state index in [9.17, 15) is 0 Å². The SMILES string of the molecule is Cc1cc2c3c(c1)N(c1cccc4c1sc1ccccc14)c1cc(N4c5ccc(C(C)(C)C)cc5C5(C)CCCCC45C)ccc1B3c1ccc(C(C)(C)C)cc1N2c1ccc(C(C)(C)C)cc1-c1ccccc1. The Labute approximate surface area is 445 Å². The van der Waals surface area contributed by atoms with Crippen LogP contribution >= 0.6 is 11.3 Å². The fourth-order valence-corrected chi connectivity index (χ4v) is 15.0. The Balaban J connectivity index is 1.12. The molecule has 2 atom stereocenters. The van der Waals surface area contributed by atoms with Crippen molar-refractivity contribution in [2.45, 2.75) is 136 Å². The highest BCUT2D eigenvalue weighted by molar-refractivity contribution is 7.26. The van der Waals surface area contributed by atoms with Gasteiger partial charge in [-0.1, -0.05) is 179 Å². The normalized spacial score (nSPS) is 19.1. The fraction of sp³-hybridized carbons (Fsp3) is 0.304. The maximum absolute atomic E-state index is 2.79.